The number of aliphatic hydroxyl groups is 1. The van der Waals surface area contributed by atoms with Crippen LogP contribution in [0.25, 0.3) is 0 Å². The van der Waals surface area contributed by atoms with Gasteiger partial charge in [-0.1, -0.05) is 0 Å². The van der Waals surface area contributed by atoms with Crippen LogP contribution in [0, 0.1) is 0 Å². The third-order valence-corrected chi connectivity index (χ3v) is 3.60. The van der Waals surface area contributed by atoms with Crippen molar-refractivity contribution in [2.75, 3.05) is 25.2 Å². The summed E-state index contributed by atoms with van der Waals surface area (Å²) >= 11 is 1.55. The average Bonchev–Trinajstić information content (AvgIpc) is 2.54. The van der Waals surface area contributed by atoms with E-state index in [2.05, 4.69) is 10.6 Å². The van der Waals surface area contributed by atoms with Crippen LogP contribution in [0.3, 0.4) is 0 Å². The highest BCUT2D eigenvalue weighted by Crippen LogP contribution is 1.99. The first kappa shape index (κ1) is 22.1. The summed E-state index contributed by atoms with van der Waals surface area (Å²) in [5, 5.41) is 24.2. The molecular formula is C13H24N4O6S. The Balaban J connectivity index is 4.24. The number of nitrogens with two attached hydrogens (primary N) is 1. The quantitative estimate of drug-likeness (QED) is 0.229. The molecule has 0 fully saturated rings. The maximum absolute atomic E-state index is 11.8. The van der Waals surface area contributed by atoms with Gasteiger partial charge < -0.3 is 31.9 Å². The molecule has 0 aromatic rings. The van der Waals surface area contributed by atoms with Crippen molar-refractivity contribution in [1.29, 1.82) is 0 Å². The van der Waals surface area contributed by atoms with Crippen LogP contribution in [0.4, 0.5) is 0 Å². The van der Waals surface area contributed by atoms with Crippen molar-refractivity contribution in [3.8, 4) is 0 Å². The van der Waals surface area contributed by atoms with Gasteiger partial charge in [0.1, 0.15) is 12.1 Å². The number of carboxylic acids is 1. The second-order valence-electron chi connectivity index (χ2n) is 4.98. The molecule has 7 N–H and O–H groups in total. The van der Waals surface area contributed by atoms with Crippen LogP contribution in [0.1, 0.15) is 13.3 Å². The highest BCUT2D eigenvalue weighted by atomic mass is 32.2. The van der Waals surface area contributed by atoms with E-state index in [9.17, 15) is 19.2 Å². The minimum Gasteiger partial charge on any atom is -0.480 e. The Morgan fingerprint density at radius 3 is 2.29 bits per heavy atom. The molecular weight excluding hydrogens is 340 g/mol. The van der Waals surface area contributed by atoms with E-state index in [1.807, 2.05) is 11.6 Å². The maximum atomic E-state index is 11.8. The number of aliphatic hydroxyl groups excluding tert-OH is 1. The molecule has 0 heterocycles. The van der Waals surface area contributed by atoms with Gasteiger partial charge in [-0.25, -0.2) is 4.79 Å². The van der Waals surface area contributed by atoms with Gasteiger partial charge in [-0.15, -0.1) is 0 Å². The molecule has 0 rings (SSSR count). The first-order valence-corrected chi connectivity index (χ1v) is 8.57. The SMILES string of the molecule is CSCCC(N)C(=O)NC(C)C(=O)NCC(=O)NC(CO)C(=O)O. The summed E-state index contributed by atoms with van der Waals surface area (Å²) in [4.78, 5) is 45.7. The Hall–Kier alpha value is -1.85. The smallest absolute Gasteiger partial charge is 0.328 e. The minimum atomic E-state index is -1.44. The number of nitrogens with one attached hydrogen (secondary N) is 3. The summed E-state index contributed by atoms with van der Waals surface area (Å²) in [6.45, 7) is 0.178. The highest BCUT2D eigenvalue weighted by molar-refractivity contribution is 7.98. The molecule has 0 aromatic carbocycles. The number of carbonyl (C=O) groups excluding carboxylic acids is 3. The highest BCUT2D eigenvalue weighted by Gasteiger charge is 2.22. The first-order chi connectivity index (χ1) is 11.2. The number of aliphatic carboxylic acids is 1. The van der Waals surface area contributed by atoms with Crippen molar-refractivity contribution in [3.05, 3.63) is 0 Å². The van der Waals surface area contributed by atoms with Crippen molar-refractivity contribution < 1.29 is 29.4 Å². The molecule has 3 amide bonds. The van der Waals surface area contributed by atoms with Gasteiger partial charge in [-0.3, -0.25) is 14.4 Å². The van der Waals surface area contributed by atoms with E-state index in [4.69, 9.17) is 15.9 Å². The zero-order valence-electron chi connectivity index (χ0n) is 13.6. The lowest BCUT2D eigenvalue weighted by Crippen LogP contribution is -2.52. The van der Waals surface area contributed by atoms with Crippen molar-refractivity contribution in [3.63, 3.8) is 0 Å². The van der Waals surface area contributed by atoms with Crippen LogP contribution >= 0.6 is 11.8 Å². The fourth-order valence-corrected chi connectivity index (χ4v) is 2.00. The second-order valence-corrected chi connectivity index (χ2v) is 5.96. The normalized spacial score (nSPS) is 14.2. The Bertz CT molecular complexity index is 462. The predicted molar refractivity (Wildman–Crippen MR) is 88.2 cm³/mol. The van der Waals surface area contributed by atoms with Gasteiger partial charge in [0, 0.05) is 0 Å². The van der Waals surface area contributed by atoms with Gasteiger partial charge in [0.15, 0.2) is 0 Å². The van der Waals surface area contributed by atoms with Crippen molar-refractivity contribution >= 4 is 35.5 Å². The molecule has 138 valence electrons. The van der Waals surface area contributed by atoms with E-state index in [-0.39, 0.29) is 0 Å². The first-order valence-electron chi connectivity index (χ1n) is 7.18. The van der Waals surface area contributed by atoms with Gasteiger partial charge in [0.2, 0.25) is 17.7 Å². The largest absolute Gasteiger partial charge is 0.480 e. The summed E-state index contributed by atoms with van der Waals surface area (Å²) < 4.78 is 0. The molecule has 0 spiro atoms. The Kier molecular flexibility index (Phi) is 10.8. The molecule has 0 aromatic heterocycles. The van der Waals surface area contributed by atoms with E-state index >= 15 is 0 Å². The monoisotopic (exact) mass is 364 g/mol. The number of amides is 3. The second kappa shape index (κ2) is 11.6. The average molecular weight is 364 g/mol. The van der Waals surface area contributed by atoms with E-state index in [1.54, 1.807) is 11.8 Å². The molecule has 24 heavy (non-hydrogen) atoms. The fraction of sp³-hybridized carbons (Fsp3) is 0.692. The zero-order valence-corrected chi connectivity index (χ0v) is 14.4. The molecule has 11 heteroatoms. The molecule has 3 atom stereocenters. The summed E-state index contributed by atoms with van der Waals surface area (Å²) in [7, 11) is 0. The lowest BCUT2D eigenvalue weighted by atomic mass is 10.2. The fourth-order valence-electron chi connectivity index (χ4n) is 1.51. The Labute approximate surface area is 143 Å². The van der Waals surface area contributed by atoms with Gasteiger partial charge >= 0.3 is 5.97 Å². The topological polar surface area (TPSA) is 171 Å². The standard InChI is InChI=1S/C13H24N4O6S/c1-7(16-12(21)8(14)3-4-24-2)11(20)15-5-10(19)17-9(6-18)13(22)23/h7-9,18H,3-6,14H2,1-2H3,(H,15,20)(H,16,21)(H,17,19)(H,22,23). The van der Waals surface area contributed by atoms with Gasteiger partial charge in [0.25, 0.3) is 0 Å². The lowest BCUT2D eigenvalue weighted by molar-refractivity contribution is -0.142. The van der Waals surface area contributed by atoms with Crippen molar-refractivity contribution in [1.82, 2.24) is 16.0 Å². The number of carbonyl (C=O) groups is 4. The molecule has 0 aliphatic heterocycles. The molecule has 10 nitrogen and oxygen atoms in total. The summed E-state index contributed by atoms with van der Waals surface area (Å²) in [5.41, 5.74) is 5.67. The third-order valence-electron chi connectivity index (χ3n) is 2.96. The molecule has 3 unspecified atom stereocenters. The van der Waals surface area contributed by atoms with Crippen LogP contribution in [0.2, 0.25) is 0 Å². The Morgan fingerprint density at radius 2 is 1.79 bits per heavy atom. The molecule has 0 bridgehead atoms. The van der Waals surface area contributed by atoms with Crippen LogP contribution in [0.5, 0.6) is 0 Å². The number of rotatable bonds is 11. The summed E-state index contributed by atoms with van der Waals surface area (Å²) in [6, 6.07) is -3.07. The van der Waals surface area contributed by atoms with E-state index in [0.29, 0.717) is 12.2 Å². The van der Waals surface area contributed by atoms with Gasteiger partial charge in [-0.05, 0) is 25.4 Å². The number of hydrogen-bond acceptors (Lipinski definition) is 7. The predicted octanol–water partition coefficient (Wildman–Crippen LogP) is -2.75. The van der Waals surface area contributed by atoms with Gasteiger partial charge in [-0.2, -0.15) is 11.8 Å². The van der Waals surface area contributed by atoms with E-state index in [1.165, 1.54) is 6.92 Å². The van der Waals surface area contributed by atoms with Gasteiger partial charge in [0.05, 0.1) is 19.2 Å². The molecule has 0 saturated heterocycles. The molecule has 0 aliphatic carbocycles. The van der Waals surface area contributed by atoms with Crippen molar-refractivity contribution in [2.24, 2.45) is 5.73 Å². The molecule has 0 aliphatic rings. The number of thioether (sulfide) groups is 1. The van der Waals surface area contributed by atoms with Crippen LogP contribution in [-0.4, -0.2) is 77.2 Å². The number of carboxylic acid groups (broad SMARTS) is 1. The number of hydrogen-bond donors (Lipinski definition) is 6. The Morgan fingerprint density at radius 1 is 1.17 bits per heavy atom. The van der Waals surface area contributed by atoms with Crippen molar-refractivity contribution in [2.45, 2.75) is 31.5 Å². The molecule has 0 saturated carbocycles. The summed E-state index contributed by atoms with van der Waals surface area (Å²) in [6.07, 6.45) is 2.36. The lowest BCUT2D eigenvalue weighted by Gasteiger charge is -2.17. The van der Waals surface area contributed by atoms with Crippen LogP contribution < -0.4 is 21.7 Å². The van der Waals surface area contributed by atoms with Crippen LogP contribution in [0.15, 0.2) is 0 Å². The third kappa shape index (κ3) is 8.70. The minimum absolute atomic E-state index is 0.470. The summed E-state index contributed by atoms with van der Waals surface area (Å²) in [5.74, 6) is -2.55. The van der Waals surface area contributed by atoms with Crippen LogP contribution in [-0.2, 0) is 19.2 Å². The van der Waals surface area contributed by atoms with E-state index < -0.39 is 55.0 Å². The molecule has 0 radical (unpaired) electrons. The zero-order chi connectivity index (χ0) is 18.7. The van der Waals surface area contributed by atoms with E-state index in [0.717, 1.165) is 0 Å². The maximum Gasteiger partial charge on any atom is 0.328 e.